The van der Waals surface area contributed by atoms with Gasteiger partial charge in [-0.2, -0.15) is 0 Å². The summed E-state index contributed by atoms with van der Waals surface area (Å²) >= 11 is 0. The minimum atomic E-state index is -0.298. The maximum absolute atomic E-state index is 13.6. The van der Waals surface area contributed by atoms with Crippen LogP contribution in [0.4, 0.5) is 10.3 Å². The summed E-state index contributed by atoms with van der Waals surface area (Å²) in [4.78, 5) is 17.7. The first-order chi connectivity index (χ1) is 16.2. The monoisotopic (exact) mass is 457 g/mol. The molecule has 1 atom stereocenters. The van der Waals surface area contributed by atoms with Crippen LogP contribution < -0.4 is 4.90 Å². The molecule has 2 aliphatic heterocycles. The van der Waals surface area contributed by atoms with Crippen molar-refractivity contribution in [2.45, 2.75) is 51.2 Å². The summed E-state index contributed by atoms with van der Waals surface area (Å²) in [5.41, 5.74) is 2.31. The number of morpholine rings is 1. The molecule has 1 saturated carbocycles. The van der Waals surface area contributed by atoms with Gasteiger partial charge in [0, 0.05) is 37.7 Å². The van der Waals surface area contributed by atoms with Gasteiger partial charge in [-0.25, -0.2) is 4.39 Å². The number of amides is 1. The Morgan fingerprint density at radius 3 is 2.52 bits per heavy atom. The van der Waals surface area contributed by atoms with Crippen LogP contribution in [0.2, 0.25) is 0 Å². The molecule has 3 fully saturated rings. The minimum Gasteiger partial charge on any atom is -0.378 e. The van der Waals surface area contributed by atoms with Gasteiger partial charge in [0.05, 0.1) is 31.4 Å². The van der Waals surface area contributed by atoms with Crippen LogP contribution in [0.15, 0.2) is 28.8 Å². The van der Waals surface area contributed by atoms with Crippen molar-refractivity contribution in [1.82, 2.24) is 10.1 Å². The largest absolute Gasteiger partial charge is 0.378 e. The number of ether oxygens (including phenoxy) is 2. The topological polar surface area (TPSA) is 68.0 Å². The van der Waals surface area contributed by atoms with Gasteiger partial charge in [0.15, 0.2) is 0 Å². The van der Waals surface area contributed by atoms with Gasteiger partial charge in [0.25, 0.3) is 0 Å². The van der Waals surface area contributed by atoms with E-state index in [1.807, 2.05) is 4.90 Å². The second-order valence-electron chi connectivity index (χ2n) is 9.26. The van der Waals surface area contributed by atoms with Crippen molar-refractivity contribution in [3.05, 3.63) is 35.6 Å². The highest BCUT2D eigenvalue weighted by Crippen LogP contribution is 2.35. The fourth-order valence-corrected chi connectivity index (χ4v) is 5.18. The summed E-state index contributed by atoms with van der Waals surface area (Å²) < 4.78 is 30.8. The highest BCUT2D eigenvalue weighted by atomic mass is 19.1. The van der Waals surface area contributed by atoms with Crippen molar-refractivity contribution in [1.29, 1.82) is 0 Å². The quantitative estimate of drug-likeness (QED) is 0.626. The number of benzene rings is 1. The molecule has 8 heteroatoms. The van der Waals surface area contributed by atoms with Crippen molar-refractivity contribution in [3.63, 3.8) is 0 Å². The van der Waals surface area contributed by atoms with E-state index in [4.69, 9.17) is 14.0 Å². The smallest absolute Gasteiger partial charge is 0.233 e. The number of anilines is 1. The van der Waals surface area contributed by atoms with Gasteiger partial charge in [-0.05, 0) is 49.9 Å². The van der Waals surface area contributed by atoms with Crippen molar-refractivity contribution in [3.8, 4) is 11.3 Å². The molecule has 1 aliphatic carbocycles. The van der Waals surface area contributed by atoms with Gasteiger partial charge in [-0.15, -0.1) is 0 Å². The average molecular weight is 458 g/mol. The highest BCUT2D eigenvalue weighted by Gasteiger charge is 2.33. The van der Waals surface area contributed by atoms with Gasteiger partial charge < -0.3 is 23.8 Å². The second kappa shape index (κ2) is 10.2. The summed E-state index contributed by atoms with van der Waals surface area (Å²) in [6.45, 7) is 4.37. The average Bonchev–Trinajstić information content (AvgIpc) is 3.62. The van der Waals surface area contributed by atoms with Crippen molar-refractivity contribution >= 4 is 11.8 Å². The molecule has 0 bridgehead atoms. The zero-order valence-corrected chi connectivity index (χ0v) is 19.0. The molecule has 2 aromatic rings. The van der Waals surface area contributed by atoms with E-state index in [9.17, 15) is 9.18 Å². The van der Waals surface area contributed by atoms with E-state index in [0.717, 1.165) is 56.3 Å². The normalized spacial score (nSPS) is 21.6. The number of carbonyl (C=O) groups excluding carboxylic acids is 1. The number of aromatic nitrogens is 1. The summed E-state index contributed by atoms with van der Waals surface area (Å²) in [5, 5.41) is 4.38. The van der Waals surface area contributed by atoms with Crippen molar-refractivity contribution in [2.24, 2.45) is 5.92 Å². The molecule has 33 heavy (non-hydrogen) atoms. The number of carbonyl (C=O) groups is 1. The van der Waals surface area contributed by atoms with Crippen LogP contribution >= 0.6 is 0 Å². The predicted octanol–water partition coefficient (Wildman–Crippen LogP) is 4.02. The van der Waals surface area contributed by atoms with Crippen molar-refractivity contribution in [2.75, 3.05) is 44.4 Å². The first-order valence-corrected chi connectivity index (χ1v) is 12.2. The van der Waals surface area contributed by atoms with Crippen LogP contribution in [-0.2, 0) is 20.8 Å². The van der Waals surface area contributed by atoms with E-state index in [0.29, 0.717) is 51.0 Å². The van der Waals surface area contributed by atoms with E-state index in [1.54, 1.807) is 12.1 Å². The summed E-state index contributed by atoms with van der Waals surface area (Å²) in [6.07, 6.45) is 6.19. The van der Waals surface area contributed by atoms with Crippen LogP contribution in [0.5, 0.6) is 0 Å². The first-order valence-electron chi connectivity index (χ1n) is 12.2. The standard InChI is InChI=1S/C25H32FN3O4/c26-20-9-7-18(8-10-20)23-22(25(33-27-23)28-11-14-31-15-12-28)17-29(16-21-6-3-13-32-21)24(30)19-4-1-2-5-19/h7-10,19,21H,1-6,11-17H2. The van der Waals surface area contributed by atoms with E-state index in [1.165, 1.54) is 12.1 Å². The molecule has 7 nitrogen and oxygen atoms in total. The van der Waals surface area contributed by atoms with Gasteiger partial charge in [-0.3, -0.25) is 4.79 Å². The maximum Gasteiger partial charge on any atom is 0.233 e. The zero-order chi connectivity index (χ0) is 22.6. The van der Waals surface area contributed by atoms with Gasteiger partial charge in [0.1, 0.15) is 11.5 Å². The lowest BCUT2D eigenvalue weighted by Gasteiger charge is -2.30. The lowest BCUT2D eigenvalue weighted by Crippen LogP contribution is -2.41. The fraction of sp³-hybridized carbons (Fsp3) is 0.600. The van der Waals surface area contributed by atoms with Crippen LogP contribution in [0.3, 0.4) is 0 Å². The summed E-state index contributed by atoms with van der Waals surface area (Å²) in [6, 6.07) is 6.28. The Morgan fingerprint density at radius 1 is 1.06 bits per heavy atom. The van der Waals surface area contributed by atoms with Crippen LogP contribution in [0.1, 0.15) is 44.1 Å². The highest BCUT2D eigenvalue weighted by molar-refractivity contribution is 5.80. The molecule has 5 rings (SSSR count). The van der Waals surface area contributed by atoms with Gasteiger partial charge >= 0.3 is 0 Å². The molecule has 178 valence electrons. The number of rotatable bonds is 7. The molecule has 0 radical (unpaired) electrons. The molecule has 2 saturated heterocycles. The van der Waals surface area contributed by atoms with Crippen molar-refractivity contribution < 1.29 is 23.2 Å². The Bertz CT molecular complexity index is 930. The van der Waals surface area contributed by atoms with E-state index in [2.05, 4.69) is 10.1 Å². The molecule has 1 amide bonds. The Hall–Kier alpha value is -2.45. The Kier molecular flexibility index (Phi) is 6.92. The Morgan fingerprint density at radius 2 is 1.82 bits per heavy atom. The van der Waals surface area contributed by atoms with Crippen LogP contribution in [0, 0.1) is 11.7 Å². The third kappa shape index (κ3) is 5.06. The second-order valence-corrected chi connectivity index (χ2v) is 9.26. The number of hydrogen-bond donors (Lipinski definition) is 0. The molecule has 0 N–H and O–H groups in total. The number of hydrogen-bond acceptors (Lipinski definition) is 6. The third-order valence-corrected chi connectivity index (χ3v) is 7.00. The first kappa shape index (κ1) is 22.3. The Balaban J connectivity index is 1.48. The van der Waals surface area contributed by atoms with Gasteiger partial charge in [0.2, 0.25) is 11.8 Å². The molecule has 3 aliphatic rings. The third-order valence-electron chi connectivity index (χ3n) is 7.00. The molecule has 1 aromatic carbocycles. The molecule has 3 heterocycles. The van der Waals surface area contributed by atoms with E-state index < -0.39 is 0 Å². The lowest BCUT2D eigenvalue weighted by molar-refractivity contribution is -0.137. The SMILES string of the molecule is O=C(C1CCCC1)N(Cc1c(-c2ccc(F)cc2)noc1N1CCOCC1)CC1CCCO1. The number of nitrogens with zero attached hydrogens (tertiary/aromatic N) is 3. The Labute approximate surface area is 193 Å². The van der Waals surface area contributed by atoms with Gasteiger partial charge in [-0.1, -0.05) is 18.0 Å². The van der Waals surface area contributed by atoms with Crippen LogP contribution in [0.25, 0.3) is 11.3 Å². The zero-order valence-electron chi connectivity index (χ0n) is 19.0. The minimum absolute atomic E-state index is 0.0660. The van der Waals surface area contributed by atoms with Crippen LogP contribution in [-0.4, -0.2) is 61.5 Å². The number of halogens is 1. The molecular formula is C25H32FN3O4. The molecule has 1 aromatic heterocycles. The maximum atomic E-state index is 13.6. The molecular weight excluding hydrogens is 425 g/mol. The predicted molar refractivity (Wildman–Crippen MR) is 121 cm³/mol. The fourth-order valence-electron chi connectivity index (χ4n) is 5.18. The molecule has 1 unspecified atom stereocenters. The summed E-state index contributed by atoms with van der Waals surface area (Å²) in [5.74, 6) is 0.650. The molecule has 0 spiro atoms. The summed E-state index contributed by atoms with van der Waals surface area (Å²) in [7, 11) is 0. The lowest BCUT2D eigenvalue weighted by atomic mass is 10.0. The van der Waals surface area contributed by atoms with E-state index in [-0.39, 0.29) is 23.7 Å². The van der Waals surface area contributed by atoms with E-state index >= 15 is 0 Å².